The number of nitrogens with zero attached hydrogens (tertiary/aromatic N) is 4. The molecule has 2 amide bonds. The second-order valence-corrected chi connectivity index (χ2v) is 17.2. The van der Waals surface area contributed by atoms with Crippen molar-refractivity contribution < 1.29 is 65.5 Å². The maximum Gasteiger partial charge on any atom is 0.328 e. The minimum Gasteiger partial charge on any atom is -0.505 e. The zero-order valence-corrected chi connectivity index (χ0v) is 36.0. The summed E-state index contributed by atoms with van der Waals surface area (Å²) in [4.78, 5) is 46.5. The number of aliphatic carboxylic acids is 2. The lowest BCUT2D eigenvalue weighted by Crippen LogP contribution is -2.14. The molecule has 0 atom stereocenters. The van der Waals surface area contributed by atoms with Crippen molar-refractivity contribution >= 4 is 112 Å². The monoisotopic (exact) mass is 956 g/mol. The Morgan fingerprint density at radius 2 is 0.824 bits per heavy atom. The molecule has 0 fully saturated rings. The van der Waals surface area contributed by atoms with Crippen molar-refractivity contribution in [2.45, 2.75) is 9.79 Å². The van der Waals surface area contributed by atoms with Crippen LogP contribution < -0.4 is 10.6 Å². The Bertz CT molecular complexity index is 3320. The average molecular weight is 957 g/mol. The first-order valence-corrected chi connectivity index (χ1v) is 22.2. The Hall–Kier alpha value is -8.96. The van der Waals surface area contributed by atoms with E-state index < -0.39 is 76.7 Å². The number of benzene rings is 7. The highest BCUT2D eigenvalue weighted by atomic mass is 32.2. The quantitative estimate of drug-likeness (QED) is 0.0286. The van der Waals surface area contributed by atoms with Gasteiger partial charge in [-0.1, -0.05) is 24.3 Å². The number of phenols is 2. The second kappa shape index (κ2) is 19.3. The molecule has 0 saturated carbocycles. The maximum atomic E-state index is 13.3. The van der Waals surface area contributed by atoms with Crippen molar-refractivity contribution in [1.82, 2.24) is 0 Å². The van der Waals surface area contributed by atoms with E-state index in [-0.39, 0.29) is 55.4 Å². The number of nitrogens with one attached hydrogen (secondary N) is 2. The van der Waals surface area contributed by atoms with Gasteiger partial charge in [0.1, 0.15) is 21.2 Å². The van der Waals surface area contributed by atoms with Gasteiger partial charge in [-0.2, -0.15) is 27.1 Å². The molecule has 0 aliphatic carbocycles. The van der Waals surface area contributed by atoms with Crippen molar-refractivity contribution in [1.29, 1.82) is 0 Å². The summed E-state index contributed by atoms with van der Waals surface area (Å²) in [6, 6.07) is 27.7. The highest BCUT2D eigenvalue weighted by Gasteiger charge is 2.24. The third kappa shape index (κ3) is 11.1. The summed E-state index contributed by atoms with van der Waals surface area (Å²) < 4.78 is 69.6. The lowest BCUT2D eigenvalue weighted by atomic mass is 10.1. The molecule has 0 saturated heterocycles. The molecule has 0 radical (unpaired) electrons. The van der Waals surface area contributed by atoms with Crippen molar-refractivity contribution in [3.8, 4) is 11.5 Å². The van der Waals surface area contributed by atoms with Gasteiger partial charge in [0.25, 0.3) is 32.1 Å². The van der Waals surface area contributed by atoms with E-state index in [1.54, 1.807) is 0 Å². The lowest BCUT2D eigenvalue weighted by Gasteiger charge is -2.12. The molecule has 68 heavy (non-hydrogen) atoms. The number of phenolic OH excluding ortho intramolecular Hbond substituents is 2. The number of azo groups is 2. The molecular formula is C46H32N6O14S2. The molecular weight excluding hydrogens is 925 g/mol. The molecule has 0 spiro atoms. The number of fused-ring (bicyclic) bond motifs is 2. The summed E-state index contributed by atoms with van der Waals surface area (Å²) in [6.07, 6.45) is 4.56. The number of anilines is 2. The maximum absolute atomic E-state index is 13.3. The van der Waals surface area contributed by atoms with Gasteiger partial charge >= 0.3 is 11.9 Å². The third-order valence-electron chi connectivity index (χ3n) is 9.74. The minimum atomic E-state index is -4.98. The number of hydrogen-bond donors (Lipinski definition) is 8. The van der Waals surface area contributed by atoms with E-state index >= 15 is 0 Å². The molecule has 7 aromatic rings. The first-order chi connectivity index (χ1) is 32.2. The molecule has 0 aromatic heterocycles. The van der Waals surface area contributed by atoms with Gasteiger partial charge in [-0.05, 0) is 131 Å². The summed E-state index contributed by atoms with van der Waals surface area (Å²) in [5, 5.41) is 61.0. The van der Waals surface area contributed by atoms with Crippen molar-refractivity contribution in [3.05, 3.63) is 156 Å². The fourth-order valence-corrected chi connectivity index (χ4v) is 7.80. The average Bonchev–Trinajstić information content (AvgIpc) is 3.29. The first-order valence-electron chi connectivity index (χ1n) is 19.4. The van der Waals surface area contributed by atoms with Crippen molar-refractivity contribution in [3.63, 3.8) is 0 Å². The zero-order valence-electron chi connectivity index (χ0n) is 34.4. The molecule has 8 N–H and O–H groups in total. The Labute approximate surface area is 384 Å². The van der Waals surface area contributed by atoms with Gasteiger partial charge in [-0.3, -0.25) is 18.7 Å². The summed E-state index contributed by atoms with van der Waals surface area (Å²) in [5.41, 5.74) is 0.873. The second-order valence-electron chi connectivity index (χ2n) is 14.4. The summed E-state index contributed by atoms with van der Waals surface area (Å²) in [7, 11) is -9.95. The summed E-state index contributed by atoms with van der Waals surface area (Å²) in [6.45, 7) is 0. The first kappa shape index (κ1) is 47.0. The van der Waals surface area contributed by atoms with Crippen LogP contribution in [0.2, 0.25) is 0 Å². The zero-order chi connectivity index (χ0) is 48.9. The number of carbonyl (C=O) groups excluding carboxylic acids is 2. The topological polar surface area (TPSA) is 331 Å². The Morgan fingerprint density at radius 1 is 0.471 bits per heavy atom. The Morgan fingerprint density at radius 3 is 1.15 bits per heavy atom. The number of amides is 2. The van der Waals surface area contributed by atoms with E-state index in [2.05, 4.69) is 31.1 Å². The van der Waals surface area contributed by atoms with E-state index in [0.717, 1.165) is 24.3 Å². The Balaban J connectivity index is 1.05. The molecule has 0 heterocycles. The fraction of sp³-hybridized carbons (Fsp3) is 0. The molecule has 0 aliphatic rings. The number of carboxylic acids is 2. The van der Waals surface area contributed by atoms with Gasteiger partial charge in [0.15, 0.2) is 11.5 Å². The predicted octanol–water partition coefficient (Wildman–Crippen LogP) is 9.43. The van der Waals surface area contributed by atoms with Crippen LogP contribution in [-0.2, 0) is 29.8 Å². The molecule has 7 aromatic carbocycles. The minimum absolute atomic E-state index is 0.0887. The van der Waals surface area contributed by atoms with E-state index in [9.17, 15) is 55.3 Å². The highest BCUT2D eigenvalue weighted by Crippen LogP contribution is 2.43. The number of aromatic hydroxyl groups is 2. The largest absolute Gasteiger partial charge is 0.505 e. The van der Waals surface area contributed by atoms with E-state index in [0.29, 0.717) is 11.1 Å². The molecule has 22 heteroatoms. The SMILES string of the molecule is O=C(O)C=Cc1ccc(N=Nc2c(S(=O)(=O)O)cc3cc(NC(=O)c4ccc(C(=O)Nc5ccc6c(O)c(N=Nc7ccc(C=CC(=O)O)cc7)c(S(=O)(=O)O)cc6c5)cc4)ccc3c2O)cc1. The van der Waals surface area contributed by atoms with Gasteiger partial charge in [0.2, 0.25) is 0 Å². The van der Waals surface area contributed by atoms with Crippen LogP contribution in [0, 0.1) is 0 Å². The lowest BCUT2D eigenvalue weighted by molar-refractivity contribution is -0.132. The van der Waals surface area contributed by atoms with Crippen molar-refractivity contribution in [2.24, 2.45) is 20.5 Å². The summed E-state index contributed by atoms with van der Waals surface area (Å²) >= 11 is 0. The normalized spacial score (nSPS) is 12.1. The number of rotatable bonds is 14. The van der Waals surface area contributed by atoms with Gasteiger partial charge < -0.3 is 31.1 Å². The van der Waals surface area contributed by atoms with Crippen LogP contribution in [0.25, 0.3) is 33.7 Å². The highest BCUT2D eigenvalue weighted by molar-refractivity contribution is 7.86. The molecule has 20 nitrogen and oxygen atoms in total. The van der Waals surface area contributed by atoms with E-state index in [4.69, 9.17) is 10.2 Å². The fourth-order valence-electron chi connectivity index (χ4n) is 6.48. The molecule has 342 valence electrons. The van der Waals surface area contributed by atoms with Crippen LogP contribution in [-0.4, -0.2) is 70.1 Å². The van der Waals surface area contributed by atoms with Crippen LogP contribution in [0.1, 0.15) is 31.8 Å². The Kier molecular flexibility index (Phi) is 13.3. The van der Waals surface area contributed by atoms with Gasteiger partial charge in [-0.25, -0.2) is 9.59 Å². The smallest absolute Gasteiger partial charge is 0.328 e. The standard InChI is InChI=1S/C46H32N6O14S2/c53-39(54)19-5-25-1-11-31(12-2-25)49-51-41-37(67(61,62)63)23-29-21-33(15-17-35(29)43(41)57)47-45(59)27-7-9-28(10-8-27)46(60)48-34-16-18-36-30(22-34)24-38(68(64,65)66)42(44(36)58)52-50-32-13-3-26(4-14-32)6-20-40(55)56/h1-24,57-58H,(H,47,59)(H,48,60)(H,53,54)(H,55,56)(H,61,62,63)(H,64,65,66). The molecule has 0 unspecified atom stereocenters. The van der Waals surface area contributed by atoms with E-state index in [1.165, 1.54) is 121 Å². The van der Waals surface area contributed by atoms with Crippen LogP contribution in [0.15, 0.2) is 164 Å². The molecule has 7 rings (SSSR count). The molecule has 0 bridgehead atoms. The van der Waals surface area contributed by atoms with Crippen LogP contribution in [0.5, 0.6) is 11.5 Å². The predicted molar refractivity (Wildman–Crippen MR) is 248 cm³/mol. The van der Waals surface area contributed by atoms with Gasteiger partial charge in [0.05, 0.1) is 11.4 Å². The van der Waals surface area contributed by atoms with Crippen LogP contribution >= 0.6 is 0 Å². The van der Waals surface area contributed by atoms with Gasteiger partial charge in [0, 0.05) is 45.4 Å². The van der Waals surface area contributed by atoms with Crippen LogP contribution in [0.3, 0.4) is 0 Å². The van der Waals surface area contributed by atoms with Crippen LogP contribution in [0.4, 0.5) is 34.1 Å². The summed E-state index contributed by atoms with van der Waals surface area (Å²) in [5.74, 6) is -4.85. The molecule has 0 aliphatic heterocycles. The number of hydrogen-bond acceptors (Lipinski definition) is 14. The number of carboxylic acid groups (broad SMARTS) is 2. The van der Waals surface area contributed by atoms with Gasteiger partial charge in [-0.15, -0.1) is 10.2 Å². The third-order valence-corrected chi connectivity index (χ3v) is 11.5. The van der Waals surface area contributed by atoms with E-state index in [1.807, 2.05) is 0 Å². The van der Waals surface area contributed by atoms with Crippen molar-refractivity contribution in [2.75, 3.05) is 10.6 Å². The number of carbonyl (C=O) groups is 4.